The van der Waals surface area contributed by atoms with Crippen LogP contribution in [0.5, 0.6) is 17.2 Å². The summed E-state index contributed by atoms with van der Waals surface area (Å²) in [5.74, 6) is 1.22. The molecule has 3 aromatic carbocycles. The predicted molar refractivity (Wildman–Crippen MR) is 122 cm³/mol. The third-order valence-electron chi connectivity index (χ3n) is 4.50. The zero-order chi connectivity index (χ0) is 22.2. The van der Waals surface area contributed by atoms with Crippen LogP contribution in [0.4, 0.5) is 0 Å². The SMILES string of the molecule is COc1ccc(C(=O)N/N=C/c2cc(Cl)ccc2OCc2ccc(C)cc2)cc1OC. The number of carbonyl (C=O) groups excluding carboxylic acids is 1. The molecule has 0 spiro atoms. The van der Waals surface area contributed by atoms with Crippen molar-refractivity contribution in [3.63, 3.8) is 0 Å². The molecule has 0 fully saturated rings. The maximum Gasteiger partial charge on any atom is 0.271 e. The number of methoxy groups -OCH3 is 2. The average molecular weight is 439 g/mol. The third kappa shape index (κ3) is 5.99. The molecule has 0 aliphatic heterocycles. The van der Waals surface area contributed by atoms with Crippen LogP contribution in [0.2, 0.25) is 5.02 Å². The minimum atomic E-state index is -0.388. The number of hydrogen-bond acceptors (Lipinski definition) is 5. The molecule has 0 aromatic heterocycles. The van der Waals surface area contributed by atoms with E-state index in [4.69, 9.17) is 25.8 Å². The van der Waals surface area contributed by atoms with E-state index in [2.05, 4.69) is 10.5 Å². The Morgan fingerprint density at radius 3 is 2.39 bits per heavy atom. The van der Waals surface area contributed by atoms with E-state index in [0.29, 0.717) is 40.0 Å². The maximum absolute atomic E-state index is 12.4. The van der Waals surface area contributed by atoms with E-state index in [1.165, 1.54) is 26.0 Å². The van der Waals surface area contributed by atoms with Crippen LogP contribution < -0.4 is 19.6 Å². The predicted octanol–water partition coefficient (Wildman–Crippen LogP) is 5.01. The molecule has 3 aromatic rings. The molecule has 7 heteroatoms. The third-order valence-corrected chi connectivity index (χ3v) is 4.74. The summed E-state index contributed by atoms with van der Waals surface area (Å²) in [5.41, 5.74) is 5.76. The van der Waals surface area contributed by atoms with Crippen molar-refractivity contribution in [3.05, 3.63) is 87.9 Å². The van der Waals surface area contributed by atoms with Gasteiger partial charge in [0.1, 0.15) is 12.4 Å². The van der Waals surface area contributed by atoms with Crippen molar-refractivity contribution in [2.75, 3.05) is 14.2 Å². The van der Waals surface area contributed by atoms with Crippen molar-refractivity contribution in [1.29, 1.82) is 0 Å². The van der Waals surface area contributed by atoms with Gasteiger partial charge in [-0.05, 0) is 48.9 Å². The zero-order valence-electron chi connectivity index (χ0n) is 17.5. The van der Waals surface area contributed by atoms with Gasteiger partial charge in [0.2, 0.25) is 0 Å². The Morgan fingerprint density at radius 2 is 1.68 bits per heavy atom. The normalized spacial score (nSPS) is 10.7. The molecule has 1 N–H and O–H groups in total. The Morgan fingerprint density at radius 1 is 0.968 bits per heavy atom. The molecule has 160 valence electrons. The van der Waals surface area contributed by atoms with Gasteiger partial charge in [0, 0.05) is 16.1 Å². The maximum atomic E-state index is 12.4. The van der Waals surface area contributed by atoms with Gasteiger partial charge in [-0.1, -0.05) is 41.4 Å². The van der Waals surface area contributed by atoms with Gasteiger partial charge in [-0.25, -0.2) is 5.43 Å². The van der Waals surface area contributed by atoms with Crippen LogP contribution in [0, 0.1) is 6.92 Å². The average Bonchev–Trinajstić information content (AvgIpc) is 2.79. The highest BCUT2D eigenvalue weighted by Crippen LogP contribution is 2.27. The highest BCUT2D eigenvalue weighted by Gasteiger charge is 2.10. The molecule has 0 saturated carbocycles. The number of rotatable bonds is 8. The van der Waals surface area contributed by atoms with Crippen molar-refractivity contribution in [1.82, 2.24) is 5.43 Å². The van der Waals surface area contributed by atoms with E-state index in [1.54, 1.807) is 36.4 Å². The first-order chi connectivity index (χ1) is 15.0. The zero-order valence-corrected chi connectivity index (χ0v) is 18.3. The van der Waals surface area contributed by atoms with Gasteiger partial charge >= 0.3 is 0 Å². The summed E-state index contributed by atoms with van der Waals surface area (Å²) < 4.78 is 16.3. The summed E-state index contributed by atoms with van der Waals surface area (Å²) >= 11 is 6.12. The molecule has 0 saturated heterocycles. The number of nitrogens with one attached hydrogen (secondary N) is 1. The minimum Gasteiger partial charge on any atom is -0.493 e. The van der Waals surface area contributed by atoms with E-state index >= 15 is 0 Å². The molecular formula is C24H23ClN2O4. The van der Waals surface area contributed by atoms with Crippen LogP contribution in [0.1, 0.15) is 27.0 Å². The van der Waals surface area contributed by atoms with Gasteiger partial charge in [0.25, 0.3) is 5.91 Å². The van der Waals surface area contributed by atoms with E-state index in [9.17, 15) is 4.79 Å². The van der Waals surface area contributed by atoms with Crippen molar-refractivity contribution >= 4 is 23.7 Å². The molecule has 3 rings (SSSR count). The number of hydrazone groups is 1. The number of halogens is 1. The number of amides is 1. The first-order valence-corrected chi connectivity index (χ1v) is 9.91. The monoisotopic (exact) mass is 438 g/mol. The second kappa shape index (κ2) is 10.5. The van der Waals surface area contributed by atoms with Crippen molar-refractivity contribution in [3.8, 4) is 17.2 Å². The van der Waals surface area contributed by atoms with Crippen LogP contribution in [-0.4, -0.2) is 26.3 Å². The van der Waals surface area contributed by atoms with Crippen LogP contribution in [-0.2, 0) is 6.61 Å². The number of benzene rings is 3. The minimum absolute atomic E-state index is 0.386. The van der Waals surface area contributed by atoms with Crippen LogP contribution in [0.3, 0.4) is 0 Å². The lowest BCUT2D eigenvalue weighted by Crippen LogP contribution is -2.17. The summed E-state index contributed by atoms with van der Waals surface area (Å²) in [6, 6.07) is 18.2. The number of hydrogen-bond donors (Lipinski definition) is 1. The fourth-order valence-corrected chi connectivity index (χ4v) is 2.98. The quantitative estimate of drug-likeness (QED) is 0.396. The van der Waals surface area contributed by atoms with Crippen molar-refractivity contribution in [2.45, 2.75) is 13.5 Å². The smallest absolute Gasteiger partial charge is 0.271 e. The first-order valence-electron chi connectivity index (χ1n) is 9.53. The summed E-state index contributed by atoms with van der Waals surface area (Å²) in [4.78, 5) is 12.4. The number of ether oxygens (including phenoxy) is 3. The molecule has 0 radical (unpaired) electrons. The molecular weight excluding hydrogens is 416 g/mol. The van der Waals surface area contributed by atoms with Gasteiger partial charge in [-0.2, -0.15) is 5.10 Å². The molecule has 0 aliphatic rings. The summed E-state index contributed by atoms with van der Waals surface area (Å²) in [6.45, 7) is 2.44. The summed E-state index contributed by atoms with van der Waals surface area (Å²) in [6.07, 6.45) is 1.50. The Bertz CT molecular complexity index is 1080. The van der Waals surface area contributed by atoms with Crippen molar-refractivity contribution in [2.24, 2.45) is 5.10 Å². The molecule has 31 heavy (non-hydrogen) atoms. The Balaban J connectivity index is 1.69. The van der Waals surface area contributed by atoms with Gasteiger partial charge in [0.05, 0.1) is 20.4 Å². The lowest BCUT2D eigenvalue weighted by atomic mass is 10.1. The van der Waals surface area contributed by atoms with Crippen LogP contribution in [0.25, 0.3) is 0 Å². The number of aryl methyl sites for hydroxylation is 1. The fourth-order valence-electron chi connectivity index (χ4n) is 2.80. The topological polar surface area (TPSA) is 69.2 Å². The van der Waals surface area contributed by atoms with Gasteiger partial charge < -0.3 is 14.2 Å². The highest BCUT2D eigenvalue weighted by atomic mass is 35.5. The molecule has 1 amide bonds. The highest BCUT2D eigenvalue weighted by molar-refractivity contribution is 6.30. The molecule has 0 aliphatic carbocycles. The van der Waals surface area contributed by atoms with Crippen LogP contribution >= 0.6 is 11.6 Å². The van der Waals surface area contributed by atoms with Gasteiger partial charge in [-0.3, -0.25) is 4.79 Å². The Hall–Kier alpha value is -3.51. The van der Waals surface area contributed by atoms with E-state index < -0.39 is 0 Å². The largest absolute Gasteiger partial charge is 0.493 e. The number of carbonyl (C=O) groups is 1. The van der Waals surface area contributed by atoms with E-state index in [-0.39, 0.29) is 5.91 Å². The van der Waals surface area contributed by atoms with Gasteiger partial charge in [0.15, 0.2) is 11.5 Å². The Labute approximate surface area is 186 Å². The first kappa shape index (κ1) is 22.2. The summed E-state index contributed by atoms with van der Waals surface area (Å²) in [7, 11) is 3.04. The van der Waals surface area contributed by atoms with E-state index in [0.717, 1.165) is 5.56 Å². The standard InChI is InChI=1S/C24H23ClN2O4/c1-16-4-6-17(7-5-16)15-31-21-11-9-20(25)12-19(21)14-26-27-24(28)18-8-10-22(29-2)23(13-18)30-3/h4-14H,15H2,1-3H3,(H,27,28)/b26-14+. The molecule has 0 atom stereocenters. The molecule has 0 bridgehead atoms. The second-order valence-electron chi connectivity index (χ2n) is 6.73. The van der Waals surface area contributed by atoms with E-state index in [1.807, 2.05) is 31.2 Å². The van der Waals surface area contributed by atoms with Crippen molar-refractivity contribution < 1.29 is 19.0 Å². The lowest BCUT2D eigenvalue weighted by molar-refractivity contribution is 0.0954. The fraction of sp³-hybridized carbons (Fsp3) is 0.167. The molecule has 0 heterocycles. The second-order valence-corrected chi connectivity index (χ2v) is 7.16. The summed E-state index contributed by atoms with van der Waals surface area (Å²) in [5, 5.41) is 4.59. The number of nitrogens with zero attached hydrogens (tertiary/aromatic N) is 1. The molecule has 6 nitrogen and oxygen atoms in total. The molecule has 0 unspecified atom stereocenters. The lowest BCUT2D eigenvalue weighted by Gasteiger charge is -2.10. The van der Waals surface area contributed by atoms with Crippen LogP contribution in [0.15, 0.2) is 65.8 Å². The van der Waals surface area contributed by atoms with Gasteiger partial charge in [-0.15, -0.1) is 0 Å². The Kier molecular flexibility index (Phi) is 7.51.